The lowest BCUT2D eigenvalue weighted by Gasteiger charge is -2.00. The SMILES string of the molecule is CC.COc1ccc(CCC#Cc2coc(-c3ccc4cnccc4c3)c2)cc1. The molecule has 4 aromatic rings. The predicted octanol–water partition coefficient (Wildman–Crippen LogP) is 6.51. The van der Waals surface area contributed by atoms with Gasteiger partial charge in [0.2, 0.25) is 0 Å². The molecule has 0 amide bonds. The lowest BCUT2D eigenvalue weighted by atomic mass is 10.1. The van der Waals surface area contributed by atoms with E-state index in [1.54, 1.807) is 19.6 Å². The van der Waals surface area contributed by atoms with Crippen LogP contribution in [0.3, 0.4) is 0 Å². The minimum absolute atomic E-state index is 0.801. The number of methoxy groups -OCH3 is 1. The van der Waals surface area contributed by atoms with Crippen molar-refractivity contribution in [3.8, 4) is 28.9 Å². The molecule has 0 saturated carbocycles. The lowest BCUT2D eigenvalue weighted by Crippen LogP contribution is -1.85. The zero-order valence-electron chi connectivity index (χ0n) is 17.1. The van der Waals surface area contributed by atoms with Crippen LogP contribution in [-0.2, 0) is 6.42 Å². The van der Waals surface area contributed by atoms with E-state index in [1.165, 1.54) is 5.56 Å². The largest absolute Gasteiger partial charge is 0.497 e. The molecule has 0 atom stereocenters. The summed E-state index contributed by atoms with van der Waals surface area (Å²) in [5.74, 6) is 8.11. The molecule has 0 spiro atoms. The number of hydrogen-bond donors (Lipinski definition) is 0. The van der Waals surface area contributed by atoms with Gasteiger partial charge in [0.25, 0.3) is 0 Å². The van der Waals surface area contributed by atoms with E-state index in [0.29, 0.717) is 0 Å². The number of hydrogen-bond acceptors (Lipinski definition) is 3. The summed E-state index contributed by atoms with van der Waals surface area (Å²) in [5.41, 5.74) is 3.19. The second-order valence-electron chi connectivity index (χ2n) is 6.29. The molecule has 146 valence electrons. The van der Waals surface area contributed by atoms with Crippen molar-refractivity contribution in [2.75, 3.05) is 7.11 Å². The van der Waals surface area contributed by atoms with Crippen LogP contribution in [0.5, 0.6) is 5.75 Å². The number of nitrogens with zero attached hydrogens (tertiary/aromatic N) is 1. The molecule has 0 bridgehead atoms. The number of ether oxygens (including phenoxy) is 1. The van der Waals surface area contributed by atoms with Gasteiger partial charge in [0.1, 0.15) is 17.8 Å². The molecule has 0 saturated heterocycles. The third-order valence-corrected chi connectivity index (χ3v) is 4.45. The Balaban J connectivity index is 0.00000117. The minimum atomic E-state index is 0.801. The van der Waals surface area contributed by atoms with Crippen molar-refractivity contribution in [2.45, 2.75) is 26.7 Å². The molecule has 0 aliphatic rings. The van der Waals surface area contributed by atoms with Crippen molar-refractivity contribution in [1.82, 2.24) is 4.98 Å². The normalized spacial score (nSPS) is 9.90. The summed E-state index contributed by atoms with van der Waals surface area (Å²) in [6.45, 7) is 4.00. The van der Waals surface area contributed by atoms with Crippen LogP contribution in [0.4, 0.5) is 0 Å². The van der Waals surface area contributed by atoms with E-state index >= 15 is 0 Å². The average molecular weight is 383 g/mol. The molecule has 3 nitrogen and oxygen atoms in total. The Bertz CT molecular complexity index is 1110. The lowest BCUT2D eigenvalue weighted by molar-refractivity contribution is 0.414. The van der Waals surface area contributed by atoms with Gasteiger partial charge >= 0.3 is 0 Å². The van der Waals surface area contributed by atoms with Gasteiger partial charge in [-0.05, 0) is 41.6 Å². The molecule has 0 N–H and O–H groups in total. The van der Waals surface area contributed by atoms with Crippen LogP contribution < -0.4 is 4.74 Å². The molecule has 0 radical (unpaired) electrons. The molecular formula is C26H25NO2. The van der Waals surface area contributed by atoms with E-state index in [-0.39, 0.29) is 0 Å². The Morgan fingerprint density at radius 3 is 2.59 bits per heavy atom. The Kier molecular flexibility index (Phi) is 7.08. The Labute approximate surface area is 172 Å². The molecule has 29 heavy (non-hydrogen) atoms. The van der Waals surface area contributed by atoms with Crippen molar-refractivity contribution in [3.63, 3.8) is 0 Å². The highest BCUT2D eigenvalue weighted by Gasteiger charge is 2.04. The zero-order valence-corrected chi connectivity index (χ0v) is 17.1. The van der Waals surface area contributed by atoms with Gasteiger partial charge in [-0.2, -0.15) is 0 Å². The van der Waals surface area contributed by atoms with Gasteiger partial charge in [-0.3, -0.25) is 4.98 Å². The van der Waals surface area contributed by atoms with E-state index in [1.807, 2.05) is 50.4 Å². The summed E-state index contributed by atoms with van der Waals surface area (Å²) in [6, 6.07) is 18.3. The molecule has 4 rings (SSSR count). The maximum absolute atomic E-state index is 5.71. The van der Waals surface area contributed by atoms with E-state index in [4.69, 9.17) is 9.15 Å². The molecule has 0 aliphatic carbocycles. The van der Waals surface area contributed by atoms with Crippen molar-refractivity contribution < 1.29 is 9.15 Å². The van der Waals surface area contributed by atoms with Crippen molar-refractivity contribution in [2.24, 2.45) is 0 Å². The number of furan rings is 1. The molecule has 0 unspecified atom stereocenters. The van der Waals surface area contributed by atoms with Crippen LogP contribution >= 0.6 is 0 Å². The van der Waals surface area contributed by atoms with E-state index in [9.17, 15) is 0 Å². The highest BCUT2D eigenvalue weighted by molar-refractivity contribution is 5.85. The van der Waals surface area contributed by atoms with Crippen LogP contribution in [-0.4, -0.2) is 12.1 Å². The smallest absolute Gasteiger partial charge is 0.135 e. The van der Waals surface area contributed by atoms with Crippen molar-refractivity contribution in [1.29, 1.82) is 0 Å². The summed E-state index contributed by atoms with van der Waals surface area (Å²) >= 11 is 0. The van der Waals surface area contributed by atoms with Gasteiger partial charge < -0.3 is 9.15 Å². The first kappa shape index (κ1) is 20.2. The predicted molar refractivity (Wildman–Crippen MR) is 119 cm³/mol. The molecule has 2 aromatic carbocycles. The van der Waals surface area contributed by atoms with Crippen LogP contribution in [0.2, 0.25) is 0 Å². The second-order valence-corrected chi connectivity index (χ2v) is 6.29. The van der Waals surface area contributed by atoms with Gasteiger partial charge in [-0.1, -0.05) is 50.0 Å². The monoisotopic (exact) mass is 383 g/mol. The highest BCUT2D eigenvalue weighted by Crippen LogP contribution is 2.25. The van der Waals surface area contributed by atoms with Crippen LogP contribution in [0.15, 0.2) is 77.7 Å². The van der Waals surface area contributed by atoms with Gasteiger partial charge in [0, 0.05) is 35.8 Å². The summed E-state index contributed by atoms with van der Waals surface area (Å²) in [4.78, 5) is 4.14. The van der Waals surface area contributed by atoms with Gasteiger partial charge in [-0.15, -0.1) is 0 Å². The zero-order chi connectivity index (χ0) is 20.5. The molecule has 2 aromatic heterocycles. The summed E-state index contributed by atoms with van der Waals surface area (Å²) < 4.78 is 10.9. The number of aryl methyl sites for hydroxylation is 1. The quantitative estimate of drug-likeness (QED) is 0.377. The van der Waals surface area contributed by atoms with Crippen LogP contribution in [0.25, 0.3) is 22.1 Å². The molecular weight excluding hydrogens is 358 g/mol. The van der Waals surface area contributed by atoms with E-state index in [2.05, 4.69) is 41.1 Å². The Hall–Kier alpha value is -3.51. The summed E-state index contributed by atoms with van der Waals surface area (Å²) in [6.07, 6.45) is 7.09. The Morgan fingerprint density at radius 2 is 1.79 bits per heavy atom. The highest BCUT2D eigenvalue weighted by atomic mass is 16.5. The topological polar surface area (TPSA) is 35.3 Å². The summed E-state index contributed by atoms with van der Waals surface area (Å²) in [5, 5.41) is 2.26. The van der Waals surface area contributed by atoms with E-state index in [0.717, 1.165) is 46.3 Å². The molecule has 0 fully saturated rings. The number of benzene rings is 2. The number of aromatic nitrogens is 1. The second kappa shape index (κ2) is 10.1. The van der Waals surface area contributed by atoms with Crippen molar-refractivity contribution >= 4 is 10.8 Å². The fraction of sp³-hybridized carbons (Fsp3) is 0.192. The number of pyridine rings is 1. The van der Waals surface area contributed by atoms with Gasteiger partial charge in [0.15, 0.2) is 0 Å². The first-order valence-corrected chi connectivity index (χ1v) is 9.86. The molecule has 0 aliphatic heterocycles. The fourth-order valence-corrected chi connectivity index (χ4v) is 2.95. The van der Waals surface area contributed by atoms with E-state index < -0.39 is 0 Å². The third kappa shape index (κ3) is 5.27. The third-order valence-electron chi connectivity index (χ3n) is 4.45. The van der Waals surface area contributed by atoms with Gasteiger partial charge in [-0.25, -0.2) is 0 Å². The molecule has 2 heterocycles. The summed E-state index contributed by atoms with van der Waals surface area (Å²) in [7, 11) is 1.68. The number of fused-ring (bicyclic) bond motifs is 1. The average Bonchev–Trinajstić information content (AvgIpc) is 3.27. The first-order valence-electron chi connectivity index (χ1n) is 9.86. The van der Waals surface area contributed by atoms with Crippen LogP contribution in [0, 0.1) is 11.8 Å². The standard InChI is InChI=1S/C24H19NO2.C2H6/c1-26-23-10-6-18(7-11-23)4-2-3-5-19-14-24(27-17-19)21-8-9-22-16-25-13-12-20(22)15-21;1-2/h6-17H,2,4H2,1H3;1-2H3. The fourth-order valence-electron chi connectivity index (χ4n) is 2.95. The first-order chi connectivity index (χ1) is 14.3. The number of rotatable bonds is 4. The van der Waals surface area contributed by atoms with Crippen LogP contribution in [0.1, 0.15) is 31.4 Å². The minimum Gasteiger partial charge on any atom is -0.497 e. The van der Waals surface area contributed by atoms with Gasteiger partial charge in [0.05, 0.1) is 12.7 Å². The molecule has 3 heteroatoms. The maximum Gasteiger partial charge on any atom is 0.135 e. The Morgan fingerprint density at radius 1 is 0.966 bits per heavy atom. The maximum atomic E-state index is 5.71. The van der Waals surface area contributed by atoms with Crippen molar-refractivity contribution in [3.05, 3.63) is 84.4 Å².